The third kappa shape index (κ3) is 1.31. The maximum absolute atomic E-state index is 9.57. The van der Waals surface area contributed by atoms with Crippen molar-refractivity contribution in [3.63, 3.8) is 0 Å². The zero-order valence-electron chi connectivity index (χ0n) is 7.20. The van der Waals surface area contributed by atoms with Crippen molar-refractivity contribution in [3.8, 4) is 5.75 Å². The van der Waals surface area contributed by atoms with Crippen molar-refractivity contribution in [3.05, 3.63) is 41.5 Å². The van der Waals surface area contributed by atoms with E-state index in [9.17, 15) is 5.11 Å². The topological polar surface area (TPSA) is 46.2 Å². The average Bonchev–Trinajstić information content (AvgIpc) is 2.37. The number of allylic oxidation sites excluding steroid dienone is 3. The van der Waals surface area contributed by atoms with E-state index in [1.54, 1.807) is 12.1 Å². The van der Waals surface area contributed by atoms with Crippen LogP contribution >= 0.6 is 0 Å². The molecule has 0 fully saturated rings. The van der Waals surface area contributed by atoms with Crippen molar-refractivity contribution >= 4 is 11.8 Å². The van der Waals surface area contributed by atoms with E-state index in [0.29, 0.717) is 5.75 Å². The van der Waals surface area contributed by atoms with Gasteiger partial charge in [-0.3, -0.25) is 0 Å². The minimum Gasteiger partial charge on any atom is -0.507 e. The number of benzene rings is 1. The van der Waals surface area contributed by atoms with Gasteiger partial charge in [-0.25, -0.2) is 0 Å². The Morgan fingerprint density at radius 3 is 2.92 bits per heavy atom. The monoisotopic (exact) mass is 173 g/mol. The standard InChI is InChI=1S/C11H11NO/c12-10-6-7-11(13)9-5-3-1-2-4-8(9)10/h1-3,5-7,13H,4,12H2. The molecule has 2 rings (SSSR count). The highest BCUT2D eigenvalue weighted by Crippen LogP contribution is 2.29. The number of nitrogens with two attached hydrogens (primary N) is 1. The molecule has 1 aromatic carbocycles. The van der Waals surface area contributed by atoms with E-state index in [0.717, 1.165) is 23.2 Å². The van der Waals surface area contributed by atoms with Crippen LogP contribution in [0.15, 0.2) is 30.4 Å². The Hall–Kier alpha value is -1.70. The number of fused-ring (bicyclic) bond motifs is 1. The van der Waals surface area contributed by atoms with Gasteiger partial charge in [-0.05, 0) is 24.1 Å². The second-order valence-corrected chi connectivity index (χ2v) is 3.06. The first-order valence-electron chi connectivity index (χ1n) is 4.22. The van der Waals surface area contributed by atoms with Crippen LogP contribution in [0.3, 0.4) is 0 Å². The maximum atomic E-state index is 9.57. The Balaban J connectivity index is 2.66. The largest absolute Gasteiger partial charge is 0.507 e. The lowest BCUT2D eigenvalue weighted by atomic mass is 10.0. The van der Waals surface area contributed by atoms with Crippen LogP contribution in [0.4, 0.5) is 5.69 Å². The zero-order chi connectivity index (χ0) is 9.26. The molecule has 0 atom stereocenters. The van der Waals surface area contributed by atoms with Gasteiger partial charge < -0.3 is 10.8 Å². The highest BCUT2D eigenvalue weighted by Gasteiger charge is 2.08. The minimum absolute atomic E-state index is 0.296. The van der Waals surface area contributed by atoms with Crippen LogP contribution in [0.5, 0.6) is 5.75 Å². The molecule has 0 saturated heterocycles. The second-order valence-electron chi connectivity index (χ2n) is 3.06. The second kappa shape index (κ2) is 2.98. The summed E-state index contributed by atoms with van der Waals surface area (Å²) in [5.74, 6) is 0.296. The highest BCUT2D eigenvalue weighted by molar-refractivity contribution is 5.70. The number of hydrogen-bond donors (Lipinski definition) is 2. The van der Waals surface area contributed by atoms with Crippen molar-refractivity contribution in [2.45, 2.75) is 6.42 Å². The molecule has 0 aromatic heterocycles. The van der Waals surface area contributed by atoms with E-state index in [4.69, 9.17) is 5.73 Å². The summed E-state index contributed by atoms with van der Waals surface area (Å²) in [6.07, 6.45) is 8.55. The van der Waals surface area contributed by atoms with Crippen LogP contribution in [0, 0.1) is 0 Å². The summed E-state index contributed by atoms with van der Waals surface area (Å²) < 4.78 is 0. The molecule has 0 unspecified atom stereocenters. The van der Waals surface area contributed by atoms with Crippen molar-refractivity contribution < 1.29 is 5.11 Å². The molecule has 0 bridgehead atoms. The van der Waals surface area contributed by atoms with Gasteiger partial charge >= 0.3 is 0 Å². The summed E-state index contributed by atoms with van der Waals surface area (Å²) in [6.45, 7) is 0. The molecule has 3 N–H and O–H groups in total. The summed E-state index contributed by atoms with van der Waals surface area (Å²) in [5, 5.41) is 9.57. The summed E-state index contributed by atoms with van der Waals surface area (Å²) in [4.78, 5) is 0. The van der Waals surface area contributed by atoms with Crippen LogP contribution in [-0.2, 0) is 6.42 Å². The first kappa shape index (κ1) is 7.92. The van der Waals surface area contributed by atoms with E-state index < -0.39 is 0 Å². The van der Waals surface area contributed by atoms with Crippen LogP contribution in [-0.4, -0.2) is 5.11 Å². The minimum atomic E-state index is 0.296. The van der Waals surface area contributed by atoms with Gasteiger partial charge in [0, 0.05) is 11.3 Å². The highest BCUT2D eigenvalue weighted by atomic mass is 16.3. The van der Waals surface area contributed by atoms with E-state index in [-0.39, 0.29) is 0 Å². The van der Waals surface area contributed by atoms with Crippen LogP contribution in [0.25, 0.3) is 6.08 Å². The smallest absolute Gasteiger partial charge is 0.123 e. The van der Waals surface area contributed by atoms with Gasteiger partial charge in [0.25, 0.3) is 0 Å². The molecular weight excluding hydrogens is 162 g/mol. The molecule has 2 nitrogen and oxygen atoms in total. The molecule has 2 heteroatoms. The van der Waals surface area contributed by atoms with Crippen molar-refractivity contribution in [1.82, 2.24) is 0 Å². The lowest BCUT2D eigenvalue weighted by Crippen LogP contribution is -1.95. The fourth-order valence-electron chi connectivity index (χ4n) is 1.50. The fourth-order valence-corrected chi connectivity index (χ4v) is 1.50. The van der Waals surface area contributed by atoms with Crippen molar-refractivity contribution in [1.29, 1.82) is 0 Å². The zero-order valence-corrected chi connectivity index (χ0v) is 7.20. The maximum Gasteiger partial charge on any atom is 0.123 e. The van der Waals surface area contributed by atoms with E-state index >= 15 is 0 Å². The number of hydrogen-bond acceptors (Lipinski definition) is 2. The lowest BCUT2D eigenvalue weighted by Gasteiger charge is -2.08. The predicted octanol–water partition coefficient (Wildman–Crippen LogP) is 2.10. The lowest BCUT2D eigenvalue weighted by molar-refractivity contribution is 0.473. The van der Waals surface area contributed by atoms with Gasteiger partial charge in [-0.2, -0.15) is 0 Å². The van der Waals surface area contributed by atoms with E-state index in [2.05, 4.69) is 0 Å². The first-order valence-corrected chi connectivity index (χ1v) is 4.22. The molecule has 0 aliphatic heterocycles. The molecule has 1 aromatic rings. The Morgan fingerprint density at radius 2 is 2.08 bits per heavy atom. The molecule has 13 heavy (non-hydrogen) atoms. The van der Waals surface area contributed by atoms with Gasteiger partial charge in [0.1, 0.15) is 5.75 Å². The van der Waals surface area contributed by atoms with Crippen LogP contribution < -0.4 is 5.73 Å². The third-order valence-electron chi connectivity index (χ3n) is 2.20. The first-order chi connectivity index (χ1) is 6.29. The molecule has 0 heterocycles. The molecule has 1 aliphatic carbocycles. The third-order valence-corrected chi connectivity index (χ3v) is 2.20. The van der Waals surface area contributed by atoms with Crippen LogP contribution in [0.1, 0.15) is 11.1 Å². The number of anilines is 1. The molecule has 0 saturated carbocycles. The number of phenols is 1. The Labute approximate surface area is 77.0 Å². The van der Waals surface area contributed by atoms with E-state index in [1.807, 2.05) is 24.3 Å². The number of nitrogen functional groups attached to an aromatic ring is 1. The number of phenolic OH excluding ortho intramolecular Hbond substituents is 1. The van der Waals surface area contributed by atoms with Gasteiger partial charge in [-0.15, -0.1) is 0 Å². The molecule has 0 spiro atoms. The summed E-state index contributed by atoms with van der Waals surface area (Å²) >= 11 is 0. The Morgan fingerprint density at radius 1 is 1.23 bits per heavy atom. The van der Waals surface area contributed by atoms with Crippen molar-refractivity contribution in [2.24, 2.45) is 0 Å². The SMILES string of the molecule is Nc1ccc(O)c2c1CC=CC=C2. The normalized spacial score (nSPS) is 13.8. The molecular formula is C11H11NO. The van der Waals surface area contributed by atoms with Gasteiger partial charge in [0.15, 0.2) is 0 Å². The quantitative estimate of drug-likeness (QED) is 0.466. The summed E-state index contributed by atoms with van der Waals surface area (Å²) in [7, 11) is 0. The summed E-state index contributed by atoms with van der Waals surface area (Å²) in [6, 6.07) is 3.37. The number of rotatable bonds is 0. The molecule has 66 valence electrons. The van der Waals surface area contributed by atoms with Gasteiger partial charge in [0.05, 0.1) is 0 Å². The summed E-state index contributed by atoms with van der Waals surface area (Å²) in [5.41, 5.74) is 8.38. The predicted molar refractivity (Wildman–Crippen MR) is 54.4 cm³/mol. The van der Waals surface area contributed by atoms with E-state index in [1.165, 1.54) is 0 Å². The average molecular weight is 173 g/mol. The Bertz CT molecular complexity index is 391. The van der Waals surface area contributed by atoms with Crippen LogP contribution in [0.2, 0.25) is 0 Å². The van der Waals surface area contributed by atoms with Gasteiger partial charge in [0.2, 0.25) is 0 Å². The fraction of sp³-hybridized carbons (Fsp3) is 0.0909. The van der Waals surface area contributed by atoms with Crippen molar-refractivity contribution in [2.75, 3.05) is 5.73 Å². The Kier molecular flexibility index (Phi) is 1.81. The number of aromatic hydroxyl groups is 1. The molecule has 1 aliphatic rings. The molecule has 0 radical (unpaired) electrons. The van der Waals surface area contributed by atoms with Gasteiger partial charge in [-0.1, -0.05) is 24.3 Å². The molecule has 0 amide bonds.